The van der Waals surface area contributed by atoms with Gasteiger partial charge in [0.05, 0.1) is 6.04 Å². The summed E-state index contributed by atoms with van der Waals surface area (Å²) in [7, 11) is 0. The summed E-state index contributed by atoms with van der Waals surface area (Å²) >= 11 is 0. The Balaban J connectivity index is 1.03. The second-order valence-corrected chi connectivity index (χ2v) is 11.5. The number of benzene rings is 4. The molecular formula is C36H31NO2. The van der Waals surface area contributed by atoms with Crippen LogP contribution in [0.1, 0.15) is 59.4 Å². The van der Waals surface area contributed by atoms with Gasteiger partial charge in [-0.3, -0.25) is 4.90 Å². The fraction of sp³-hybridized carbons (Fsp3) is 0.250. The van der Waals surface area contributed by atoms with Gasteiger partial charge in [0, 0.05) is 12.0 Å². The van der Waals surface area contributed by atoms with Gasteiger partial charge < -0.3 is 4.74 Å². The molecule has 2 unspecified atom stereocenters. The van der Waals surface area contributed by atoms with Gasteiger partial charge >= 0.3 is 6.09 Å². The van der Waals surface area contributed by atoms with E-state index >= 15 is 0 Å². The Hall–Kier alpha value is -4.11. The van der Waals surface area contributed by atoms with Crippen LogP contribution in [0.15, 0.2) is 97.1 Å². The second kappa shape index (κ2) is 8.98. The van der Waals surface area contributed by atoms with Crippen LogP contribution in [0.2, 0.25) is 0 Å². The summed E-state index contributed by atoms with van der Waals surface area (Å²) in [5.41, 5.74) is 13.3. The summed E-state index contributed by atoms with van der Waals surface area (Å²) in [6, 6.07) is 33.0. The van der Waals surface area contributed by atoms with E-state index < -0.39 is 0 Å². The molecule has 2 aliphatic heterocycles. The zero-order valence-electron chi connectivity index (χ0n) is 22.0. The molecule has 1 saturated heterocycles. The smallest absolute Gasteiger partial charge is 0.410 e. The molecule has 2 heterocycles. The van der Waals surface area contributed by atoms with Crippen LogP contribution >= 0.6 is 0 Å². The maximum absolute atomic E-state index is 13.6. The topological polar surface area (TPSA) is 29.5 Å². The molecule has 8 rings (SSSR count). The molecule has 4 aromatic rings. The van der Waals surface area contributed by atoms with Gasteiger partial charge in [-0.05, 0) is 87.7 Å². The van der Waals surface area contributed by atoms with Crippen LogP contribution in [-0.4, -0.2) is 29.7 Å². The van der Waals surface area contributed by atoms with Crippen molar-refractivity contribution >= 4 is 11.7 Å². The van der Waals surface area contributed by atoms with Crippen molar-refractivity contribution in [3.63, 3.8) is 0 Å². The number of amides is 1. The summed E-state index contributed by atoms with van der Waals surface area (Å²) in [4.78, 5) is 15.6. The fourth-order valence-electron chi connectivity index (χ4n) is 7.54. The number of carbonyl (C=O) groups excluding carboxylic acids is 1. The van der Waals surface area contributed by atoms with Gasteiger partial charge in [0.2, 0.25) is 0 Å². The zero-order valence-corrected chi connectivity index (χ0v) is 22.0. The molecule has 3 heteroatoms. The van der Waals surface area contributed by atoms with E-state index in [0.717, 1.165) is 32.1 Å². The lowest BCUT2D eigenvalue weighted by molar-refractivity contribution is 0.0539. The first-order chi connectivity index (χ1) is 19.2. The molecule has 2 bridgehead atoms. The van der Waals surface area contributed by atoms with E-state index in [1.165, 1.54) is 55.6 Å². The maximum atomic E-state index is 13.6. The van der Waals surface area contributed by atoms with Crippen molar-refractivity contribution in [2.75, 3.05) is 6.61 Å². The first-order valence-electron chi connectivity index (χ1n) is 14.3. The van der Waals surface area contributed by atoms with Crippen LogP contribution in [0.5, 0.6) is 0 Å². The lowest BCUT2D eigenvalue weighted by Gasteiger charge is -2.44. The third-order valence-electron chi connectivity index (χ3n) is 9.35. The highest BCUT2D eigenvalue weighted by Crippen LogP contribution is 2.45. The molecule has 0 aromatic heterocycles. The molecule has 39 heavy (non-hydrogen) atoms. The minimum absolute atomic E-state index is 0.0904. The molecule has 0 radical (unpaired) electrons. The van der Waals surface area contributed by atoms with Crippen molar-refractivity contribution in [2.24, 2.45) is 0 Å². The van der Waals surface area contributed by atoms with Gasteiger partial charge in [0.1, 0.15) is 6.61 Å². The van der Waals surface area contributed by atoms with E-state index in [0.29, 0.717) is 6.61 Å². The van der Waals surface area contributed by atoms with Crippen LogP contribution < -0.4 is 0 Å². The van der Waals surface area contributed by atoms with Crippen LogP contribution in [-0.2, 0) is 11.2 Å². The zero-order chi connectivity index (χ0) is 25.9. The Morgan fingerprint density at radius 2 is 1.46 bits per heavy atom. The highest BCUT2D eigenvalue weighted by atomic mass is 16.6. The number of carbonyl (C=O) groups is 1. The summed E-state index contributed by atoms with van der Waals surface area (Å²) in [5, 5.41) is 0. The highest BCUT2D eigenvalue weighted by Gasteiger charge is 2.39. The van der Waals surface area contributed by atoms with Crippen LogP contribution in [0.4, 0.5) is 4.79 Å². The van der Waals surface area contributed by atoms with E-state index in [1.54, 1.807) is 0 Å². The molecule has 192 valence electrons. The van der Waals surface area contributed by atoms with Crippen molar-refractivity contribution in [1.82, 2.24) is 4.90 Å². The number of fused-ring (bicyclic) bond motifs is 8. The second-order valence-electron chi connectivity index (χ2n) is 11.5. The SMILES string of the molecule is O=C(OCC1c2ccccc2-c2ccccc21)N1C2C=C(c3ccc4c(c3)Cc3ccccc3-4)CC1CCC2. The third kappa shape index (κ3) is 3.67. The lowest BCUT2D eigenvalue weighted by Crippen LogP contribution is -2.51. The molecule has 1 fully saturated rings. The molecule has 0 saturated carbocycles. The maximum Gasteiger partial charge on any atom is 0.410 e. The van der Waals surface area contributed by atoms with Gasteiger partial charge in [-0.1, -0.05) is 97.1 Å². The molecule has 4 aliphatic rings. The van der Waals surface area contributed by atoms with Crippen molar-refractivity contribution in [3.8, 4) is 22.3 Å². The van der Waals surface area contributed by atoms with E-state index in [4.69, 9.17) is 4.74 Å². The van der Waals surface area contributed by atoms with Gasteiger partial charge in [0.25, 0.3) is 0 Å². The average Bonchev–Trinajstić information content (AvgIpc) is 3.50. The summed E-state index contributed by atoms with van der Waals surface area (Å²) in [6.45, 7) is 0.380. The number of hydrogen-bond donors (Lipinski definition) is 0. The Kier molecular flexibility index (Phi) is 5.26. The van der Waals surface area contributed by atoms with Crippen LogP contribution in [0.3, 0.4) is 0 Å². The average molecular weight is 510 g/mol. The summed E-state index contributed by atoms with van der Waals surface area (Å²) in [5.74, 6) is 0.0904. The Morgan fingerprint density at radius 3 is 2.23 bits per heavy atom. The molecule has 2 atom stereocenters. The number of rotatable bonds is 3. The van der Waals surface area contributed by atoms with Crippen molar-refractivity contribution < 1.29 is 9.53 Å². The van der Waals surface area contributed by atoms with E-state index in [1.807, 2.05) is 4.90 Å². The molecule has 2 aliphatic carbocycles. The minimum atomic E-state index is -0.161. The predicted octanol–water partition coefficient (Wildman–Crippen LogP) is 8.22. The lowest BCUT2D eigenvalue weighted by atomic mass is 9.82. The third-order valence-corrected chi connectivity index (χ3v) is 9.35. The molecule has 4 aromatic carbocycles. The van der Waals surface area contributed by atoms with Crippen molar-refractivity contribution in [2.45, 2.75) is 50.1 Å². The summed E-state index contributed by atoms with van der Waals surface area (Å²) in [6.07, 6.45) is 7.28. The molecule has 0 spiro atoms. The monoisotopic (exact) mass is 509 g/mol. The van der Waals surface area contributed by atoms with Gasteiger partial charge in [-0.25, -0.2) is 4.79 Å². The first-order valence-corrected chi connectivity index (χ1v) is 14.3. The fourth-order valence-corrected chi connectivity index (χ4v) is 7.54. The molecule has 3 nitrogen and oxygen atoms in total. The molecule has 1 amide bonds. The quantitative estimate of drug-likeness (QED) is 0.245. The van der Waals surface area contributed by atoms with E-state index in [-0.39, 0.29) is 24.1 Å². The highest BCUT2D eigenvalue weighted by molar-refractivity contribution is 5.81. The number of piperidine rings is 1. The number of nitrogens with zero attached hydrogens (tertiary/aromatic N) is 1. The number of hydrogen-bond acceptors (Lipinski definition) is 2. The standard InChI is InChI=1S/C36H31NO2/c38-36(39-22-35-33-14-5-3-12-31(33)32-13-4-6-15-34(32)35)37-27-9-7-10-28(37)21-25(20-27)23-16-17-30-26(18-23)19-24-8-1-2-11-29(24)30/h1-6,8,11-18,20,27-28,35H,7,9-10,19,21-22H2. The Morgan fingerprint density at radius 1 is 0.769 bits per heavy atom. The predicted molar refractivity (Wildman–Crippen MR) is 156 cm³/mol. The van der Waals surface area contributed by atoms with Crippen molar-refractivity contribution in [3.05, 3.63) is 125 Å². The van der Waals surface area contributed by atoms with Gasteiger partial charge in [-0.2, -0.15) is 0 Å². The largest absolute Gasteiger partial charge is 0.448 e. The summed E-state index contributed by atoms with van der Waals surface area (Å²) < 4.78 is 6.11. The van der Waals surface area contributed by atoms with Gasteiger partial charge in [0.15, 0.2) is 0 Å². The van der Waals surface area contributed by atoms with Crippen LogP contribution in [0, 0.1) is 0 Å². The van der Waals surface area contributed by atoms with Gasteiger partial charge in [-0.15, -0.1) is 0 Å². The van der Waals surface area contributed by atoms with Crippen molar-refractivity contribution in [1.29, 1.82) is 0 Å². The van der Waals surface area contributed by atoms with E-state index in [2.05, 4.69) is 97.1 Å². The minimum Gasteiger partial charge on any atom is -0.448 e. The molecule has 0 N–H and O–H groups in total. The van der Waals surface area contributed by atoms with E-state index in [9.17, 15) is 4.79 Å². The Bertz CT molecular complexity index is 1600. The van der Waals surface area contributed by atoms with Crippen LogP contribution in [0.25, 0.3) is 27.8 Å². The number of ether oxygens (including phenoxy) is 1. The first kappa shape index (κ1) is 22.8. The Labute approximate surface area is 229 Å². The normalized spacial score (nSPS) is 20.5. The molecular weight excluding hydrogens is 478 g/mol.